The van der Waals surface area contributed by atoms with Crippen molar-refractivity contribution in [2.24, 2.45) is 11.8 Å². The molecule has 1 fully saturated rings. The Hall–Kier alpha value is -2.28. The van der Waals surface area contributed by atoms with Crippen LogP contribution in [0.1, 0.15) is 556 Å². The lowest BCUT2D eigenvalue weighted by molar-refractivity contribution is -0.151. The molecule has 12 nitrogen and oxygen atoms in total. The Morgan fingerprint density at radius 2 is 0.417 bits per heavy atom. The van der Waals surface area contributed by atoms with Gasteiger partial charge < -0.3 is 28.7 Å². The molecule has 120 heavy (non-hydrogen) atoms. The molecule has 0 unspecified atom stereocenters. The molecule has 0 atom stereocenters. The molecule has 0 spiro atoms. The summed E-state index contributed by atoms with van der Waals surface area (Å²) in [6.45, 7) is 33.1. The molecule has 1 heterocycles. The SMILES string of the molecule is CCCCCCCCC(CCCCCCCC)OC(=O)CCCCCCCN(CCCCCCCOC(=O)C(CCCCCCCC)CCCCCCCC)CCN1CCN(CCN(CCCCCCCOC(=O)C(CCCCCCCC)CCCCCCCC)CCCCCCCC(=O)OC(CCCCCCCC)CCCCCCCC)CC1. The molecule has 1 saturated heterocycles. The number of carbonyl (C=O) groups is 4. The van der Waals surface area contributed by atoms with Gasteiger partial charge in [0.25, 0.3) is 0 Å². The third kappa shape index (κ3) is 78.0. The number of piperazine rings is 1. The van der Waals surface area contributed by atoms with Crippen LogP contribution in [0.15, 0.2) is 0 Å². The maximum absolute atomic E-state index is 13.5. The minimum Gasteiger partial charge on any atom is -0.465 e. The smallest absolute Gasteiger partial charge is 0.308 e. The van der Waals surface area contributed by atoms with Gasteiger partial charge in [0.2, 0.25) is 0 Å². The molecule has 0 aliphatic carbocycles. The van der Waals surface area contributed by atoms with E-state index in [1.807, 2.05) is 0 Å². The second-order valence-corrected chi connectivity index (χ2v) is 38.3. The lowest BCUT2D eigenvalue weighted by Crippen LogP contribution is -2.50. The van der Waals surface area contributed by atoms with Crippen LogP contribution < -0.4 is 0 Å². The average molecular weight is 1690 g/mol. The molecule has 0 amide bonds. The minimum absolute atomic E-state index is 0.0372. The Morgan fingerprint density at radius 3 is 0.650 bits per heavy atom. The van der Waals surface area contributed by atoms with E-state index in [1.165, 1.54) is 360 Å². The van der Waals surface area contributed by atoms with Gasteiger partial charge in [0.15, 0.2) is 0 Å². The zero-order valence-electron chi connectivity index (χ0n) is 82.4. The second-order valence-electron chi connectivity index (χ2n) is 38.3. The van der Waals surface area contributed by atoms with Crippen molar-refractivity contribution in [3.8, 4) is 0 Å². The van der Waals surface area contributed by atoms with Crippen LogP contribution in [0.4, 0.5) is 0 Å². The monoisotopic (exact) mass is 1690 g/mol. The Labute approximate surface area is 749 Å². The third-order valence-corrected chi connectivity index (χ3v) is 26.8. The van der Waals surface area contributed by atoms with Gasteiger partial charge in [-0.25, -0.2) is 0 Å². The number of hydrogen-bond donors (Lipinski definition) is 0. The molecular formula is C108H212N4O8. The lowest BCUT2D eigenvalue weighted by Gasteiger charge is -2.37. The number of nitrogens with zero attached hydrogens (tertiary/aromatic N) is 4. The van der Waals surface area contributed by atoms with Gasteiger partial charge in [-0.05, 0) is 155 Å². The van der Waals surface area contributed by atoms with E-state index in [0.717, 1.165) is 207 Å². The quantitative estimate of drug-likeness (QED) is 0.0328. The van der Waals surface area contributed by atoms with Crippen LogP contribution in [0.25, 0.3) is 0 Å². The van der Waals surface area contributed by atoms with Crippen molar-refractivity contribution in [3.63, 3.8) is 0 Å². The number of hydrogen-bond acceptors (Lipinski definition) is 12. The van der Waals surface area contributed by atoms with E-state index in [9.17, 15) is 19.2 Å². The Bertz CT molecular complexity index is 1900. The first-order chi connectivity index (χ1) is 59.1. The van der Waals surface area contributed by atoms with Gasteiger partial charge in [-0.3, -0.25) is 29.0 Å². The summed E-state index contributed by atoms with van der Waals surface area (Å²) in [5, 5.41) is 0. The summed E-state index contributed by atoms with van der Waals surface area (Å²) in [6.07, 6.45) is 93.3. The predicted molar refractivity (Wildman–Crippen MR) is 520 cm³/mol. The van der Waals surface area contributed by atoms with Crippen LogP contribution >= 0.6 is 0 Å². The summed E-state index contributed by atoms with van der Waals surface area (Å²) in [7, 11) is 0. The molecule has 712 valence electrons. The van der Waals surface area contributed by atoms with Crippen molar-refractivity contribution in [2.45, 2.75) is 568 Å². The first-order valence-corrected chi connectivity index (χ1v) is 54.7. The summed E-state index contributed by atoms with van der Waals surface area (Å²) in [5.74, 6) is 0.382. The van der Waals surface area contributed by atoms with Gasteiger partial charge in [0.05, 0.1) is 25.0 Å². The summed E-state index contributed by atoms with van der Waals surface area (Å²) in [5.41, 5.74) is 0. The van der Waals surface area contributed by atoms with E-state index in [0.29, 0.717) is 26.1 Å². The first kappa shape index (κ1) is 116. The molecule has 0 N–H and O–H groups in total. The molecule has 1 rings (SSSR count). The summed E-state index contributed by atoms with van der Waals surface area (Å²) < 4.78 is 24.6. The normalized spacial score (nSPS) is 13.0. The zero-order valence-corrected chi connectivity index (χ0v) is 82.4. The summed E-state index contributed by atoms with van der Waals surface area (Å²) in [6, 6.07) is 0. The van der Waals surface area contributed by atoms with Crippen LogP contribution in [-0.2, 0) is 38.1 Å². The van der Waals surface area contributed by atoms with E-state index in [2.05, 4.69) is 75.0 Å². The van der Waals surface area contributed by atoms with Crippen LogP contribution in [-0.4, -0.2) is 147 Å². The maximum atomic E-state index is 13.5. The van der Waals surface area contributed by atoms with Gasteiger partial charge >= 0.3 is 23.9 Å². The number of ether oxygens (including phenoxy) is 4. The van der Waals surface area contributed by atoms with Gasteiger partial charge in [-0.15, -0.1) is 0 Å². The molecule has 12 heteroatoms. The molecule has 1 aliphatic rings. The summed E-state index contributed by atoms with van der Waals surface area (Å²) >= 11 is 0. The molecule has 0 aromatic heterocycles. The highest BCUT2D eigenvalue weighted by atomic mass is 16.6. The van der Waals surface area contributed by atoms with E-state index < -0.39 is 0 Å². The third-order valence-electron chi connectivity index (χ3n) is 26.8. The largest absolute Gasteiger partial charge is 0.465 e. The lowest BCUT2D eigenvalue weighted by atomic mass is 9.94. The zero-order chi connectivity index (χ0) is 86.8. The number of rotatable bonds is 98. The van der Waals surface area contributed by atoms with Crippen LogP contribution in [0.3, 0.4) is 0 Å². The highest BCUT2D eigenvalue weighted by Crippen LogP contribution is 2.27. The van der Waals surface area contributed by atoms with E-state index in [-0.39, 0.29) is 47.9 Å². The van der Waals surface area contributed by atoms with Crippen molar-refractivity contribution in [1.29, 1.82) is 0 Å². The fraction of sp³-hybridized carbons (Fsp3) is 0.963. The fourth-order valence-electron chi connectivity index (χ4n) is 18.3. The fourth-order valence-corrected chi connectivity index (χ4v) is 18.3. The topological polar surface area (TPSA) is 118 Å². The van der Waals surface area contributed by atoms with Gasteiger partial charge in [-0.2, -0.15) is 0 Å². The van der Waals surface area contributed by atoms with Crippen molar-refractivity contribution in [2.75, 3.05) is 91.8 Å². The summed E-state index contributed by atoms with van der Waals surface area (Å²) in [4.78, 5) is 64.7. The predicted octanol–water partition coefficient (Wildman–Crippen LogP) is 31.9. The highest BCUT2D eigenvalue weighted by Gasteiger charge is 2.24. The average Bonchev–Trinajstić information content (AvgIpc) is 0.900. The second kappa shape index (κ2) is 92.9. The number of carbonyl (C=O) groups excluding carboxylic acids is 4. The molecule has 0 aromatic rings. The van der Waals surface area contributed by atoms with Crippen LogP contribution in [0.5, 0.6) is 0 Å². The molecule has 0 aromatic carbocycles. The first-order valence-electron chi connectivity index (χ1n) is 54.7. The van der Waals surface area contributed by atoms with E-state index in [1.54, 1.807) is 0 Å². The van der Waals surface area contributed by atoms with Crippen molar-refractivity contribution >= 4 is 23.9 Å². The Kier molecular flexibility index (Phi) is 89.6. The van der Waals surface area contributed by atoms with Crippen molar-refractivity contribution in [3.05, 3.63) is 0 Å². The van der Waals surface area contributed by atoms with E-state index in [4.69, 9.17) is 18.9 Å². The molecule has 1 aliphatic heterocycles. The van der Waals surface area contributed by atoms with Gasteiger partial charge in [0.1, 0.15) is 12.2 Å². The minimum atomic E-state index is 0.0372. The van der Waals surface area contributed by atoms with Gasteiger partial charge in [-0.1, -0.05) is 415 Å². The highest BCUT2D eigenvalue weighted by molar-refractivity contribution is 5.73. The van der Waals surface area contributed by atoms with Crippen LogP contribution in [0, 0.1) is 11.8 Å². The van der Waals surface area contributed by atoms with E-state index >= 15 is 0 Å². The molecule has 0 radical (unpaired) electrons. The molecular weight excluding hydrogens is 1480 g/mol. The number of unbranched alkanes of at least 4 members (excludes halogenated alkanes) is 56. The Balaban J connectivity index is 3.02. The van der Waals surface area contributed by atoms with Crippen molar-refractivity contribution < 1.29 is 38.1 Å². The number of esters is 4. The van der Waals surface area contributed by atoms with Crippen LogP contribution in [0.2, 0.25) is 0 Å². The van der Waals surface area contributed by atoms with Gasteiger partial charge in [0, 0.05) is 65.2 Å². The Morgan fingerprint density at radius 1 is 0.225 bits per heavy atom. The molecule has 0 bridgehead atoms. The standard InChI is InChI=1S/C108H212N4O8/c1-9-17-25-33-45-61-77-101(78-62-46-34-26-18-10-2)107(115)117-99-75-59-43-57-73-89-109(87-71-55-41-53-69-85-105(113)119-103(81-65-49-37-29-21-13-5)82-66-50-38-30-22-14-6)91-93-111-95-97-112(98-96-111)94-92-110(88-72-56-42-54-70-86-106(114)120-104(83-67-51-39-31-23-15-7)84-68-52-40-32-24-16-8)90-74-58-44-60-76-100-118-108(116)102(79-63-47-35-27-19-11-3)80-64-48-36-28-20-12-4/h101-104H,9-100H2,1-8H3. The van der Waals surface area contributed by atoms with Crippen molar-refractivity contribution in [1.82, 2.24) is 19.6 Å². The molecule has 0 saturated carbocycles. The maximum Gasteiger partial charge on any atom is 0.308 e.